The summed E-state index contributed by atoms with van der Waals surface area (Å²) in [6, 6.07) is 14.9. The third-order valence-corrected chi connectivity index (χ3v) is 5.01. The molecular formula is C20H26N2O3S. The van der Waals surface area contributed by atoms with Crippen molar-refractivity contribution in [2.24, 2.45) is 0 Å². The fourth-order valence-electron chi connectivity index (χ4n) is 2.83. The summed E-state index contributed by atoms with van der Waals surface area (Å²) in [5, 5.41) is 2.92. The smallest absolute Gasteiger partial charge is 0.251 e. The Balaban J connectivity index is 1.91. The number of carbonyl (C=O) groups excluding carboxylic acids is 1. The van der Waals surface area contributed by atoms with E-state index in [9.17, 15) is 13.2 Å². The second kappa shape index (κ2) is 8.85. The number of aryl methyl sites for hydroxylation is 1. The number of para-hydroxylation sites is 1. The van der Waals surface area contributed by atoms with Gasteiger partial charge in [0.2, 0.25) is 0 Å². The average molecular weight is 375 g/mol. The highest BCUT2D eigenvalue weighted by molar-refractivity contribution is 7.89. The monoisotopic (exact) mass is 374 g/mol. The van der Waals surface area contributed by atoms with Crippen LogP contribution < -0.4 is 10.2 Å². The van der Waals surface area contributed by atoms with E-state index in [0.717, 1.165) is 13.1 Å². The first kappa shape index (κ1) is 20.0. The Kier molecular flexibility index (Phi) is 6.80. The molecule has 0 fully saturated rings. The van der Waals surface area contributed by atoms with Crippen LogP contribution in [0.15, 0.2) is 48.5 Å². The lowest BCUT2D eigenvalue weighted by Crippen LogP contribution is -2.35. The van der Waals surface area contributed by atoms with Crippen molar-refractivity contribution in [3.8, 4) is 0 Å². The summed E-state index contributed by atoms with van der Waals surface area (Å²) >= 11 is 0. The Hall–Kier alpha value is -2.34. The van der Waals surface area contributed by atoms with Crippen LogP contribution in [0.2, 0.25) is 0 Å². The van der Waals surface area contributed by atoms with Crippen LogP contribution in [0.5, 0.6) is 0 Å². The van der Waals surface area contributed by atoms with Crippen LogP contribution >= 0.6 is 0 Å². The van der Waals surface area contributed by atoms with E-state index < -0.39 is 9.84 Å². The SMILES string of the molecule is CCN(CCNC(=O)c1ccc(CS(C)(=O)=O)cc1)c1ccccc1C. The van der Waals surface area contributed by atoms with E-state index in [1.165, 1.54) is 17.5 Å². The Morgan fingerprint density at radius 3 is 2.31 bits per heavy atom. The molecule has 0 aromatic heterocycles. The number of sulfone groups is 1. The van der Waals surface area contributed by atoms with Gasteiger partial charge in [-0.1, -0.05) is 30.3 Å². The zero-order chi connectivity index (χ0) is 19.2. The van der Waals surface area contributed by atoms with E-state index in [2.05, 4.69) is 36.2 Å². The molecule has 140 valence electrons. The second-order valence-corrected chi connectivity index (χ2v) is 8.53. The summed E-state index contributed by atoms with van der Waals surface area (Å²) < 4.78 is 22.6. The van der Waals surface area contributed by atoms with E-state index in [4.69, 9.17) is 0 Å². The summed E-state index contributed by atoms with van der Waals surface area (Å²) in [6.07, 6.45) is 1.20. The maximum Gasteiger partial charge on any atom is 0.251 e. The lowest BCUT2D eigenvalue weighted by Gasteiger charge is -2.25. The molecule has 1 N–H and O–H groups in total. The predicted molar refractivity (Wildman–Crippen MR) is 106 cm³/mol. The van der Waals surface area contributed by atoms with Gasteiger partial charge in [0.25, 0.3) is 5.91 Å². The number of carbonyl (C=O) groups is 1. The number of likely N-dealkylation sites (N-methyl/N-ethyl adjacent to an activating group) is 1. The molecule has 0 bridgehead atoms. The van der Waals surface area contributed by atoms with Gasteiger partial charge in [-0.05, 0) is 43.2 Å². The van der Waals surface area contributed by atoms with Gasteiger partial charge in [-0.3, -0.25) is 4.79 Å². The van der Waals surface area contributed by atoms with E-state index >= 15 is 0 Å². The third kappa shape index (κ3) is 5.88. The van der Waals surface area contributed by atoms with E-state index in [1.54, 1.807) is 24.3 Å². The van der Waals surface area contributed by atoms with Crippen molar-refractivity contribution in [2.45, 2.75) is 19.6 Å². The van der Waals surface area contributed by atoms with Crippen LogP contribution in [0, 0.1) is 6.92 Å². The summed E-state index contributed by atoms with van der Waals surface area (Å²) in [4.78, 5) is 14.5. The minimum absolute atomic E-state index is 0.0171. The van der Waals surface area contributed by atoms with Crippen LogP contribution in [0.25, 0.3) is 0 Å². The molecule has 0 aliphatic rings. The molecule has 0 heterocycles. The van der Waals surface area contributed by atoms with Crippen molar-refractivity contribution in [1.29, 1.82) is 0 Å². The molecule has 1 amide bonds. The van der Waals surface area contributed by atoms with Crippen LogP contribution in [-0.2, 0) is 15.6 Å². The molecule has 0 unspecified atom stereocenters. The summed E-state index contributed by atoms with van der Waals surface area (Å²) in [5.41, 5.74) is 3.60. The maximum absolute atomic E-state index is 12.3. The maximum atomic E-state index is 12.3. The molecule has 2 aromatic rings. The lowest BCUT2D eigenvalue weighted by molar-refractivity contribution is 0.0954. The van der Waals surface area contributed by atoms with Crippen molar-refractivity contribution in [3.05, 3.63) is 65.2 Å². The topological polar surface area (TPSA) is 66.5 Å². The third-order valence-electron chi connectivity index (χ3n) is 4.15. The van der Waals surface area contributed by atoms with Crippen molar-refractivity contribution in [2.75, 3.05) is 30.8 Å². The number of rotatable bonds is 8. The number of nitrogens with zero attached hydrogens (tertiary/aromatic N) is 1. The van der Waals surface area contributed by atoms with Gasteiger partial charge >= 0.3 is 0 Å². The first-order chi connectivity index (χ1) is 12.3. The zero-order valence-electron chi connectivity index (χ0n) is 15.5. The van der Waals surface area contributed by atoms with Gasteiger partial charge in [-0.25, -0.2) is 8.42 Å². The standard InChI is InChI=1S/C20H26N2O3S/c1-4-22(19-8-6-5-7-16(19)2)14-13-21-20(23)18-11-9-17(10-12-18)15-26(3,24)25/h5-12H,4,13-15H2,1-3H3,(H,21,23). The van der Waals surface area contributed by atoms with Gasteiger partial charge in [-0.2, -0.15) is 0 Å². The molecule has 5 nitrogen and oxygen atoms in total. The number of anilines is 1. The van der Waals surface area contributed by atoms with Crippen LogP contribution in [0.4, 0.5) is 5.69 Å². The van der Waals surface area contributed by atoms with Gasteiger partial charge in [0.15, 0.2) is 9.84 Å². The van der Waals surface area contributed by atoms with E-state index in [0.29, 0.717) is 17.7 Å². The van der Waals surface area contributed by atoms with Crippen molar-refractivity contribution in [1.82, 2.24) is 5.32 Å². The van der Waals surface area contributed by atoms with Gasteiger partial charge < -0.3 is 10.2 Å². The Labute approximate surface area is 156 Å². The Morgan fingerprint density at radius 1 is 1.08 bits per heavy atom. The van der Waals surface area contributed by atoms with Crippen LogP contribution in [0.1, 0.15) is 28.4 Å². The summed E-state index contributed by atoms with van der Waals surface area (Å²) in [5.74, 6) is -0.173. The Morgan fingerprint density at radius 2 is 1.73 bits per heavy atom. The first-order valence-corrected chi connectivity index (χ1v) is 10.7. The molecule has 0 atom stereocenters. The van der Waals surface area contributed by atoms with Crippen molar-refractivity contribution in [3.63, 3.8) is 0 Å². The minimum Gasteiger partial charge on any atom is -0.370 e. The molecule has 2 rings (SSSR count). The fourth-order valence-corrected chi connectivity index (χ4v) is 3.63. The van der Waals surface area contributed by atoms with Crippen molar-refractivity contribution < 1.29 is 13.2 Å². The fraction of sp³-hybridized carbons (Fsp3) is 0.350. The number of amides is 1. The van der Waals surface area contributed by atoms with Crippen LogP contribution in [0.3, 0.4) is 0 Å². The Bertz CT molecular complexity index is 846. The summed E-state index contributed by atoms with van der Waals surface area (Å²) in [6.45, 7) is 6.29. The van der Waals surface area contributed by atoms with Gasteiger partial charge in [-0.15, -0.1) is 0 Å². The molecule has 2 aromatic carbocycles. The second-order valence-electron chi connectivity index (χ2n) is 6.39. The average Bonchev–Trinajstić information content (AvgIpc) is 2.59. The number of hydrogen-bond acceptors (Lipinski definition) is 4. The molecular weight excluding hydrogens is 348 g/mol. The number of benzene rings is 2. The summed E-state index contributed by atoms with van der Waals surface area (Å²) in [7, 11) is -3.07. The largest absolute Gasteiger partial charge is 0.370 e. The van der Waals surface area contributed by atoms with Crippen LogP contribution in [-0.4, -0.2) is 40.2 Å². The van der Waals surface area contributed by atoms with E-state index in [1.807, 2.05) is 12.1 Å². The highest BCUT2D eigenvalue weighted by Crippen LogP contribution is 2.18. The van der Waals surface area contributed by atoms with Gasteiger partial charge in [0.05, 0.1) is 5.75 Å². The quantitative estimate of drug-likeness (QED) is 0.772. The predicted octanol–water partition coefficient (Wildman–Crippen LogP) is 2.80. The van der Waals surface area contributed by atoms with Gasteiger partial charge in [0.1, 0.15) is 0 Å². The number of nitrogens with one attached hydrogen (secondary N) is 1. The first-order valence-electron chi connectivity index (χ1n) is 8.65. The zero-order valence-corrected chi connectivity index (χ0v) is 16.3. The normalized spacial score (nSPS) is 11.2. The van der Waals surface area contributed by atoms with E-state index in [-0.39, 0.29) is 11.7 Å². The molecule has 0 saturated carbocycles. The molecule has 0 spiro atoms. The highest BCUT2D eigenvalue weighted by atomic mass is 32.2. The molecule has 0 aliphatic heterocycles. The molecule has 6 heteroatoms. The molecule has 26 heavy (non-hydrogen) atoms. The number of hydrogen-bond donors (Lipinski definition) is 1. The lowest BCUT2D eigenvalue weighted by atomic mass is 10.1. The molecule has 0 radical (unpaired) electrons. The van der Waals surface area contributed by atoms with Crippen molar-refractivity contribution >= 4 is 21.4 Å². The molecule has 0 aliphatic carbocycles. The van der Waals surface area contributed by atoms with Gasteiger partial charge in [0, 0.05) is 37.1 Å². The highest BCUT2D eigenvalue weighted by Gasteiger charge is 2.10. The minimum atomic E-state index is -3.07. The molecule has 0 saturated heterocycles.